The Labute approximate surface area is 113 Å². The van der Waals surface area contributed by atoms with Crippen LogP contribution < -0.4 is 10.2 Å². The van der Waals surface area contributed by atoms with Gasteiger partial charge in [-0.25, -0.2) is 0 Å². The number of nitrogens with zero attached hydrogens (tertiary/aromatic N) is 1. The van der Waals surface area contributed by atoms with Crippen LogP contribution in [0.15, 0.2) is 18.2 Å². The van der Waals surface area contributed by atoms with Crippen molar-refractivity contribution in [3.8, 4) is 0 Å². The van der Waals surface area contributed by atoms with E-state index < -0.39 is 0 Å². The Morgan fingerprint density at radius 2 is 2.16 bits per heavy atom. The van der Waals surface area contributed by atoms with Gasteiger partial charge >= 0.3 is 0 Å². The molecule has 102 valence electrons. The molecule has 4 heteroatoms. The minimum Gasteiger partial charge on any atom is -0.356 e. The molecular weight excluding hydrogens is 240 g/mol. The molecule has 1 aromatic rings. The zero-order valence-electron chi connectivity index (χ0n) is 11.7. The van der Waals surface area contributed by atoms with Gasteiger partial charge in [-0.1, -0.05) is 17.7 Å². The smallest absolute Gasteiger partial charge is 0.227 e. The van der Waals surface area contributed by atoms with Crippen LogP contribution in [0, 0.1) is 19.8 Å². The second-order valence-electron chi connectivity index (χ2n) is 5.09. The van der Waals surface area contributed by atoms with Gasteiger partial charge in [0.25, 0.3) is 0 Å². The first-order chi connectivity index (χ1) is 9.02. The van der Waals surface area contributed by atoms with Gasteiger partial charge in [-0.15, -0.1) is 0 Å². The first kappa shape index (κ1) is 13.6. The van der Waals surface area contributed by atoms with Crippen LogP contribution in [0.4, 0.5) is 5.69 Å². The van der Waals surface area contributed by atoms with Crippen LogP contribution in [-0.4, -0.2) is 24.9 Å². The molecule has 1 aliphatic rings. The number of hydrogen-bond donors (Lipinski definition) is 1. The molecule has 1 atom stereocenters. The molecule has 0 bridgehead atoms. The molecule has 2 rings (SSSR count). The summed E-state index contributed by atoms with van der Waals surface area (Å²) in [6.45, 7) is 6.99. The first-order valence-corrected chi connectivity index (χ1v) is 6.68. The lowest BCUT2D eigenvalue weighted by Crippen LogP contribution is -2.32. The number of amides is 2. The maximum absolute atomic E-state index is 12.1. The standard InChI is InChI=1S/C15H20N2O2/c1-4-16-15(19)12-8-14(18)17(9-12)13-6-5-10(2)7-11(13)3/h5-7,12H,4,8-9H2,1-3H3,(H,16,19). The molecule has 0 saturated carbocycles. The minimum atomic E-state index is -0.229. The highest BCUT2D eigenvalue weighted by molar-refractivity contribution is 6.00. The number of benzene rings is 1. The molecular formula is C15H20N2O2. The van der Waals surface area contributed by atoms with E-state index in [1.54, 1.807) is 4.90 Å². The average molecular weight is 260 g/mol. The highest BCUT2D eigenvalue weighted by Crippen LogP contribution is 2.28. The highest BCUT2D eigenvalue weighted by atomic mass is 16.2. The minimum absolute atomic E-state index is 0.0249. The Hall–Kier alpha value is -1.84. The van der Waals surface area contributed by atoms with Crippen LogP contribution in [0.5, 0.6) is 0 Å². The summed E-state index contributed by atoms with van der Waals surface area (Å²) in [6, 6.07) is 6.01. The molecule has 1 N–H and O–H groups in total. The van der Waals surface area contributed by atoms with Gasteiger partial charge in [0.2, 0.25) is 11.8 Å². The number of aryl methyl sites for hydroxylation is 2. The summed E-state index contributed by atoms with van der Waals surface area (Å²) >= 11 is 0. The lowest BCUT2D eigenvalue weighted by Gasteiger charge is -2.19. The van der Waals surface area contributed by atoms with Crippen molar-refractivity contribution in [2.75, 3.05) is 18.0 Å². The van der Waals surface area contributed by atoms with Crippen LogP contribution in [-0.2, 0) is 9.59 Å². The van der Waals surface area contributed by atoms with Crippen LogP contribution >= 0.6 is 0 Å². The van der Waals surface area contributed by atoms with E-state index >= 15 is 0 Å². The van der Waals surface area contributed by atoms with E-state index in [2.05, 4.69) is 11.4 Å². The summed E-state index contributed by atoms with van der Waals surface area (Å²) in [5.74, 6) is -0.223. The molecule has 2 amide bonds. The quantitative estimate of drug-likeness (QED) is 0.900. The number of carbonyl (C=O) groups is 2. The first-order valence-electron chi connectivity index (χ1n) is 6.68. The highest BCUT2D eigenvalue weighted by Gasteiger charge is 2.35. The van der Waals surface area contributed by atoms with Crippen molar-refractivity contribution in [2.24, 2.45) is 5.92 Å². The molecule has 1 saturated heterocycles. The molecule has 0 aliphatic carbocycles. The van der Waals surface area contributed by atoms with Crippen molar-refractivity contribution < 1.29 is 9.59 Å². The van der Waals surface area contributed by atoms with E-state index in [1.807, 2.05) is 32.9 Å². The number of anilines is 1. The zero-order chi connectivity index (χ0) is 14.0. The molecule has 19 heavy (non-hydrogen) atoms. The van der Waals surface area contributed by atoms with E-state index in [0.29, 0.717) is 19.5 Å². The monoisotopic (exact) mass is 260 g/mol. The Morgan fingerprint density at radius 3 is 2.79 bits per heavy atom. The Morgan fingerprint density at radius 1 is 1.42 bits per heavy atom. The number of carbonyl (C=O) groups excluding carboxylic acids is 2. The fourth-order valence-corrected chi connectivity index (χ4v) is 2.54. The number of nitrogens with one attached hydrogen (secondary N) is 1. The maximum Gasteiger partial charge on any atom is 0.227 e. The number of rotatable bonds is 3. The van der Waals surface area contributed by atoms with Crippen molar-refractivity contribution in [1.82, 2.24) is 5.32 Å². The van der Waals surface area contributed by atoms with Crippen LogP contribution in [0.2, 0.25) is 0 Å². The van der Waals surface area contributed by atoms with Gasteiger partial charge in [-0.3, -0.25) is 9.59 Å². The largest absolute Gasteiger partial charge is 0.356 e. The second kappa shape index (κ2) is 5.43. The topological polar surface area (TPSA) is 49.4 Å². The van der Waals surface area contributed by atoms with E-state index in [0.717, 1.165) is 11.3 Å². The summed E-state index contributed by atoms with van der Waals surface area (Å²) < 4.78 is 0. The van der Waals surface area contributed by atoms with Gasteiger partial charge in [0.1, 0.15) is 0 Å². The molecule has 0 aromatic heterocycles. The third kappa shape index (κ3) is 2.78. The number of hydrogen-bond acceptors (Lipinski definition) is 2. The molecule has 0 radical (unpaired) electrons. The van der Waals surface area contributed by atoms with E-state index in [4.69, 9.17) is 0 Å². The Bertz CT molecular complexity index is 511. The molecule has 1 unspecified atom stereocenters. The summed E-state index contributed by atoms with van der Waals surface area (Å²) in [5.41, 5.74) is 3.17. The SMILES string of the molecule is CCNC(=O)C1CC(=O)N(c2ccc(C)cc2C)C1. The molecule has 4 nitrogen and oxygen atoms in total. The van der Waals surface area contributed by atoms with Crippen LogP contribution in [0.3, 0.4) is 0 Å². The predicted molar refractivity (Wildman–Crippen MR) is 75.1 cm³/mol. The summed E-state index contributed by atoms with van der Waals surface area (Å²) in [7, 11) is 0. The van der Waals surface area contributed by atoms with Gasteiger partial charge in [0.15, 0.2) is 0 Å². The van der Waals surface area contributed by atoms with Crippen molar-refractivity contribution in [2.45, 2.75) is 27.2 Å². The fourth-order valence-electron chi connectivity index (χ4n) is 2.54. The van der Waals surface area contributed by atoms with Crippen molar-refractivity contribution in [1.29, 1.82) is 0 Å². The second-order valence-corrected chi connectivity index (χ2v) is 5.09. The molecule has 1 fully saturated rings. The third-order valence-corrected chi connectivity index (χ3v) is 3.49. The predicted octanol–water partition coefficient (Wildman–Crippen LogP) is 1.79. The van der Waals surface area contributed by atoms with E-state index in [9.17, 15) is 9.59 Å². The van der Waals surface area contributed by atoms with E-state index in [1.165, 1.54) is 5.56 Å². The zero-order valence-corrected chi connectivity index (χ0v) is 11.7. The normalized spacial score (nSPS) is 18.8. The molecule has 1 aromatic carbocycles. The maximum atomic E-state index is 12.1. The molecule has 1 heterocycles. The van der Waals surface area contributed by atoms with E-state index in [-0.39, 0.29) is 17.7 Å². The summed E-state index contributed by atoms with van der Waals surface area (Å²) in [5, 5.41) is 2.79. The fraction of sp³-hybridized carbons (Fsp3) is 0.467. The van der Waals surface area contributed by atoms with Gasteiger partial charge in [0, 0.05) is 25.2 Å². The Kier molecular flexibility index (Phi) is 3.88. The summed E-state index contributed by atoms with van der Waals surface area (Å²) in [6.07, 6.45) is 0.305. The van der Waals surface area contributed by atoms with Crippen molar-refractivity contribution in [3.05, 3.63) is 29.3 Å². The third-order valence-electron chi connectivity index (χ3n) is 3.49. The lowest BCUT2D eigenvalue weighted by atomic mass is 10.1. The molecule has 0 spiro atoms. The van der Waals surface area contributed by atoms with Crippen molar-refractivity contribution >= 4 is 17.5 Å². The van der Waals surface area contributed by atoms with Gasteiger partial charge in [-0.05, 0) is 32.4 Å². The Balaban J connectivity index is 2.18. The lowest BCUT2D eigenvalue weighted by molar-refractivity contribution is -0.126. The van der Waals surface area contributed by atoms with Gasteiger partial charge < -0.3 is 10.2 Å². The average Bonchev–Trinajstić information content (AvgIpc) is 2.72. The van der Waals surface area contributed by atoms with Crippen molar-refractivity contribution in [3.63, 3.8) is 0 Å². The molecule has 1 aliphatic heterocycles. The summed E-state index contributed by atoms with van der Waals surface area (Å²) in [4.78, 5) is 25.6. The van der Waals surface area contributed by atoms with Crippen LogP contribution in [0.25, 0.3) is 0 Å². The van der Waals surface area contributed by atoms with Gasteiger partial charge in [-0.2, -0.15) is 0 Å². The van der Waals surface area contributed by atoms with Crippen LogP contribution in [0.1, 0.15) is 24.5 Å². The van der Waals surface area contributed by atoms with Gasteiger partial charge in [0.05, 0.1) is 5.92 Å².